The van der Waals surface area contributed by atoms with Crippen LogP contribution >= 0.6 is 0 Å². The van der Waals surface area contributed by atoms with Crippen molar-refractivity contribution in [2.24, 2.45) is 5.73 Å². The molecule has 0 aromatic heterocycles. The fourth-order valence-electron chi connectivity index (χ4n) is 2.90. The van der Waals surface area contributed by atoms with Crippen LogP contribution in [0.4, 0.5) is 10.1 Å². The molecule has 1 aromatic rings. The Bertz CT molecular complexity index is 411. The van der Waals surface area contributed by atoms with Gasteiger partial charge in [-0.3, -0.25) is 0 Å². The number of benzene rings is 1. The number of hydrogen-bond acceptors (Lipinski definition) is 3. The second-order valence-electron chi connectivity index (χ2n) is 5.41. The van der Waals surface area contributed by atoms with Crippen molar-refractivity contribution in [1.82, 2.24) is 4.90 Å². The molecule has 1 saturated heterocycles. The van der Waals surface area contributed by atoms with Crippen LogP contribution in [0.2, 0.25) is 0 Å². The second kappa shape index (κ2) is 4.86. The van der Waals surface area contributed by atoms with Crippen molar-refractivity contribution in [2.75, 3.05) is 32.1 Å². The van der Waals surface area contributed by atoms with E-state index in [1.165, 1.54) is 6.07 Å². The molecule has 18 heavy (non-hydrogen) atoms. The average Bonchev–Trinajstić information content (AvgIpc) is 2.66. The lowest BCUT2D eigenvalue weighted by Gasteiger charge is -2.39. The molecule has 4 heteroatoms. The Morgan fingerprint density at radius 3 is 2.67 bits per heavy atom. The Morgan fingerprint density at radius 1 is 1.50 bits per heavy atom. The Morgan fingerprint density at radius 2 is 2.17 bits per heavy atom. The molecule has 2 N–H and O–H groups in total. The van der Waals surface area contributed by atoms with Gasteiger partial charge in [-0.2, -0.15) is 0 Å². The highest BCUT2D eigenvalue weighted by molar-refractivity contribution is 5.50. The SMILES string of the molecule is CC1CC(CN)(N(C)c2ccccc2F)CN1C. The topological polar surface area (TPSA) is 32.5 Å². The number of likely N-dealkylation sites (N-methyl/N-ethyl adjacent to an activating group) is 2. The average molecular weight is 251 g/mol. The monoisotopic (exact) mass is 251 g/mol. The molecule has 0 aliphatic carbocycles. The zero-order chi connectivity index (χ0) is 13.3. The first kappa shape index (κ1) is 13.3. The molecule has 0 bridgehead atoms. The smallest absolute Gasteiger partial charge is 0.146 e. The highest BCUT2D eigenvalue weighted by Gasteiger charge is 2.43. The second-order valence-corrected chi connectivity index (χ2v) is 5.41. The zero-order valence-corrected chi connectivity index (χ0v) is 11.4. The molecule has 0 saturated carbocycles. The molecule has 0 amide bonds. The number of anilines is 1. The number of rotatable bonds is 3. The number of nitrogens with zero attached hydrogens (tertiary/aromatic N) is 2. The van der Waals surface area contributed by atoms with Crippen molar-refractivity contribution < 1.29 is 4.39 Å². The van der Waals surface area contributed by atoms with Crippen molar-refractivity contribution in [3.63, 3.8) is 0 Å². The van der Waals surface area contributed by atoms with Gasteiger partial charge in [-0.25, -0.2) is 4.39 Å². The van der Waals surface area contributed by atoms with Gasteiger partial charge in [0.1, 0.15) is 5.82 Å². The van der Waals surface area contributed by atoms with E-state index in [0.717, 1.165) is 13.0 Å². The first-order valence-corrected chi connectivity index (χ1v) is 6.39. The van der Waals surface area contributed by atoms with Crippen LogP contribution in [0.1, 0.15) is 13.3 Å². The number of likely N-dealkylation sites (tertiary alicyclic amines) is 1. The van der Waals surface area contributed by atoms with Crippen molar-refractivity contribution in [3.8, 4) is 0 Å². The highest BCUT2D eigenvalue weighted by atomic mass is 19.1. The van der Waals surface area contributed by atoms with Crippen LogP contribution in [-0.2, 0) is 0 Å². The van der Waals surface area contributed by atoms with Crippen LogP contribution in [-0.4, -0.2) is 43.7 Å². The summed E-state index contributed by atoms with van der Waals surface area (Å²) in [7, 11) is 4.04. The first-order valence-electron chi connectivity index (χ1n) is 6.39. The maximum absolute atomic E-state index is 13.9. The Balaban J connectivity index is 2.32. The molecule has 1 aromatic carbocycles. The van der Waals surface area contributed by atoms with Gasteiger partial charge >= 0.3 is 0 Å². The van der Waals surface area contributed by atoms with Gasteiger partial charge in [-0.1, -0.05) is 12.1 Å². The summed E-state index contributed by atoms with van der Waals surface area (Å²) in [6, 6.07) is 7.36. The number of para-hydroxylation sites is 1. The maximum atomic E-state index is 13.9. The van der Waals surface area contributed by atoms with Gasteiger partial charge in [0.2, 0.25) is 0 Å². The summed E-state index contributed by atoms with van der Waals surface area (Å²) in [5.41, 5.74) is 6.45. The standard InChI is InChI=1S/C14H22FN3/c1-11-8-14(9-16,10-17(11)2)18(3)13-7-5-4-6-12(13)15/h4-7,11H,8-10,16H2,1-3H3. The summed E-state index contributed by atoms with van der Waals surface area (Å²) in [4.78, 5) is 4.30. The molecular weight excluding hydrogens is 229 g/mol. The van der Waals surface area contributed by atoms with E-state index in [-0.39, 0.29) is 11.4 Å². The van der Waals surface area contributed by atoms with Gasteiger partial charge in [0.25, 0.3) is 0 Å². The third kappa shape index (κ3) is 2.10. The predicted molar refractivity (Wildman–Crippen MR) is 73.3 cm³/mol. The molecule has 0 radical (unpaired) electrons. The van der Waals surface area contributed by atoms with Crippen molar-refractivity contribution >= 4 is 5.69 Å². The zero-order valence-electron chi connectivity index (χ0n) is 11.4. The summed E-state index contributed by atoms with van der Waals surface area (Å²) in [5, 5.41) is 0. The number of nitrogens with two attached hydrogens (primary N) is 1. The van der Waals surface area contributed by atoms with Crippen LogP contribution in [0.15, 0.2) is 24.3 Å². The maximum Gasteiger partial charge on any atom is 0.146 e. The van der Waals surface area contributed by atoms with Crippen LogP contribution in [0.3, 0.4) is 0 Å². The largest absolute Gasteiger partial charge is 0.364 e. The molecular formula is C14H22FN3. The van der Waals surface area contributed by atoms with E-state index in [9.17, 15) is 4.39 Å². The van der Waals surface area contributed by atoms with Crippen molar-refractivity contribution in [3.05, 3.63) is 30.1 Å². The molecule has 1 fully saturated rings. The normalized spacial score (nSPS) is 28.6. The summed E-state index contributed by atoms with van der Waals surface area (Å²) in [6.07, 6.45) is 0.963. The van der Waals surface area contributed by atoms with Crippen LogP contribution in [0, 0.1) is 5.82 Å². The van der Waals surface area contributed by atoms with E-state index in [1.807, 2.05) is 24.1 Å². The third-order valence-corrected chi connectivity index (χ3v) is 4.28. The van der Waals surface area contributed by atoms with Gasteiger partial charge in [-0.05, 0) is 32.5 Å². The van der Waals surface area contributed by atoms with Crippen LogP contribution in [0.25, 0.3) is 0 Å². The molecule has 3 nitrogen and oxygen atoms in total. The minimum atomic E-state index is -0.185. The minimum Gasteiger partial charge on any atom is -0.364 e. The molecule has 2 unspecified atom stereocenters. The molecule has 0 spiro atoms. The fourth-order valence-corrected chi connectivity index (χ4v) is 2.90. The van der Waals surface area contributed by atoms with Gasteiger partial charge in [0.05, 0.1) is 11.2 Å². The number of halogens is 1. The highest BCUT2D eigenvalue weighted by Crippen LogP contribution is 2.34. The van der Waals surface area contributed by atoms with E-state index < -0.39 is 0 Å². The molecule has 1 aliphatic rings. The molecule has 100 valence electrons. The van der Waals surface area contributed by atoms with Gasteiger partial charge in [0, 0.05) is 26.2 Å². The lowest BCUT2D eigenvalue weighted by atomic mass is 9.93. The lowest BCUT2D eigenvalue weighted by Crippen LogP contribution is -2.54. The van der Waals surface area contributed by atoms with Crippen molar-refractivity contribution in [1.29, 1.82) is 0 Å². The summed E-state index contributed by atoms with van der Waals surface area (Å²) >= 11 is 0. The van der Waals surface area contributed by atoms with E-state index in [4.69, 9.17) is 5.73 Å². The van der Waals surface area contributed by atoms with E-state index in [2.05, 4.69) is 18.9 Å². The van der Waals surface area contributed by atoms with Crippen LogP contribution < -0.4 is 10.6 Å². The third-order valence-electron chi connectivity index (χ3n) is 4.28. The van der Waals surface area contributed by atoms with Gasteiger partial charge in [0.15, 0.2) is 0 Å². The quantitative estimate of drug-likeness (QED) is 0.887. The molecule has 2 rings (SSSR count). The molecule has 1 aliphatic heterocycles. The fraction of sp³-hybridized carbons (Fsp3) is 0.571. The van der Waals surface area contributed by atoms with Crippen molar-refractivity contribution in [2.45, 2.75) is 24.9 Å². The van der Waals surface area contributed by atoms with Gasteiger partial charge < -0.3 is 15.5 Å². The summed E-state index contributed by atoms with van der Waals surface area (Å²) < 4.78 is 13.9. The van der Waals surface area contributed by atoms with Gasteiger partial charge in [-0.15, -0.1) is 0 Å². The first-order chi connectivity index (χ1) is 8.50. The lowest BCUT2D eigenvalue weighted by molar-refractivity contribution is 0.318. The Kier molecular flexibility index (Phi) is 3.59. The molecule has 1 heterocycles. The Hall–Kier alpha value is -1.13. The summed E-state index contributed by atoms with van der Waals surface area (Å²) in [6.45, 7) is 3.59. The minimum absolute atomic E-state index is 0.170. The van der Waals surface area contributed by atoms with Crippen LogP contribution in [0.5, 0.6) is 0 Å². The van der Waals surface area contributed by atoms with E-state index in [0.29, 0.717) is 18.3 Å². The Labute approximate surface area is 108 Å². The van der Waals surface area contributed by atoms with E-state index >= 15 is 0 Å². The molecule has 2 atom stereocenters. The summed E-state index contributed by atoms with van der Waals surface area (Å²) in [5.74, 6) is -0.185. The predicted octanol–water partition coefficient (Wildman–Crippen LogP) is 1.68. The van der Waals surface area contributed by atoms with E-state index in [1.54, 1.807) is 6.07 Å². The number of hydrogen-bond donors (Lipinski definition) is 1.